The standard InChI is InChI=1S/C12H24N2O3/c1-5-9(3)7-10(13-4)12(16)14-8-11(15)17-6-2/h9-10,13H,5-8H2,1-4H3,(H,14,16)/t9?,10-/m0/s1. The summed E-state index contributed by atoms with van der Waals surface area (Å²) in [4.78, 5) is 22.8. The van der Waals surface area contributed by atoms with Crippen molar-refractivity contribution in [1.82, 2.24) is 10.6 Å². The lowest BCUT2D eigenvalue weighted by Gasteiger charge is -2.18. The molecule has 0 fully saturated rings. The Morgan fingerprint density at radius 2 is 1.94 bits per heavy atom. The van der Waals surface area contributed by atoms with Gasteiger partial charge in [-0.2, -0.15) is 0 Å². The Bertz CT molecular complexity index is 244. The van der Waals surface area contributed by atoms with Crippen molar-refractivity contribution in [3.63, 3.8) is 0 Å². The van der Waals surface area contributed by atoms with Crippen molar-refractivity contribution in [1.29, 1.82) is 0 Å². The van der Waals surface area contributed by atoms with E-state index in [9.17, 15) is 9.59 Å². The third-order valence-corrected chi connectivity index (χ3v) is 2.71. The molecule has 0 aromatic carbocycles. The normalized spacial score (nSPS) is 13.9. The van der Waals surface area contributed by atoms with Crippen LogP contribution in [-0.4, -0.2) is 38.1 Å². The van der Waals surface area contributed by atoms with Crippen LogP contribution in [0.1, 0.15) is 33.6 Å². The van der Waals surface area contributed by atoms with E-state index in [1.807, 2.05) is 0 Å². The van der Waals surface area contributed by atoms with Gasteiger partial charge >= 0.3 is 5.97 Å². The fourth-order valence-electron chi connectivity index (χ4n) is 1.42. The molecule has 0 aromatic heterocycles. The van der Waals surface area contributed by atoms with Crippen LogP contribution < -0.4 is 10.6 Å². The van der Waals surface area contributed by atoms with Crippen LogP contribution in [0.5, 0.6) is 0 Å². The lowest BCUT2D eigenvalue weighted by molar-refractivity contribution is -0.143. The number of rotatable bonds is 8. The molecule has 100 valence electrons. The molecule has 0 saturated heterocycles. The average Bonchev–Trinajstić information content (AvgIpc) is 2.32. The Morgan fingerprint density at radius 3 is 2.41 bits per heavy atom. The highest BCUT2D eigenvalue weighted by Crippen LogP contribution is 2.09. The highest BCUT2D eigenvalue weighted by molar-refractivity contribution is 5.85. The molecular weight excluding hydrogens is 220 g/mol. The molecule has 17 heavy (non-hydrogen) atoms. The largest absolute Gasteiger partial charge is 0.465 e. The van der Waals surface area contributed by atoms with E-state index in [2.05, 4.69) is 24.5 Å². The average molecular weight is 244 g/mol. The van der Waals surface area contributed by atoms with Gasteiger partial charge in [0.05, 0.1) is 12.6 Å². The van der Waals surface area contributed by atoms with E-state index in [4.69, 9.17) is 4.74 Å². The zero-order valence-electron chi connectivity index (χ0n) is 11.2. The summed E-state index contributed by atoms with van der Waals surface area (Å²) in [6, 6.07) is -0.251. The Balaban J connectivity index is 4.04. The van der Waals surface area contributed by atoms with Crippen LogP contribution >= 0.6 is 0 Å². The topological polar surface area (TPSA) is 67.4 Å². The maximum atomic E-state index is 11.8. The molecule has 0 aliphatic heterocycles. The lowest BCUT2D eigenvalue weighted by Crippen LogP contribution is -2.45. The second kappa shape index (κ2) is 8.98. The van der Waals surface area contributed by atoms with Gasteiger partial charge in [0, 0.05) is 0 Å². The van der Waals surface area contributed by atoms with Gasteiger partial charge < -0.3 is 15.4 Å². The summed E-state index contributed by atoms with van der Waals surface area (Å²) in [6.07, 6.45) is 1.80. The summed E-state index contributed by atoms with van der Waals surface area (Å²) < 4.78 is 4.73. The van der Waals surface area contributed by atoms with Crippen molar-refractivity contribution in [3.05, 3.63) is 0 Å². The summed E-state index contributed by atoms with van der Waals surface area (Å²) in [7, 11) is 1.75. The molecule has 1 amide bonds. The fourth-order valence-corrected chi connectivity index (χ4v) is 1.42. The van der Waals surface area contributed by atoms with Gasteiger partial charge in [-0.15, -0.1) is 0 Å². The maximum Gasteiger partial charge on any atom is 0.325 e. The van der Waals surface area contributed by atoms with E-state index < -0.39 is 5.97 Å². The van der Waals surface area contributed by atoms with E-state index in [0.717, 1.165) is 12.8 Å². The Kier molecular flexibility index (Phi) is 8.40. The molecule has 0 radical (unpaired) electrons. The minimum Gasteiger partial charge on any atom is -0.465 e. The molecule has 0 rings (SSSR count). The Labute approximate surface area is 103 Å². The van der Waals surface area contributed by atoms with Gasteiger partial charge in [-0.05, 0) is 26.3 Å². The number of esters is 1. The number of hydrogen-bond acceptors (Lipinski definition) is 4. The molecule has 5 heteroatoms. The number of ether oxygens (including phenoxy) is 1. The van der Waals surface area contributed by atoms with E-state index in [1.165, 1.54) is 0 Å². The van der Waals surface area contributed by atoms with Gasteiger partial charge in [-0.25, -0.2) is 0 Å². The van der Waals surface area contributed by atoms with E-state index in [0.29, 0.717) is 12.5 Å². The highest BCUT2D eigenvalue weighted by atomic mass is 16.5. The third-order valence-electron chi connectivity index (χ3n) is 2.71. The van der Waals surface area contributed by atoms with Crippen molar-refractivity contribution >= 4 is 11.9 Å². The number of hydrogen-bond donors (Lipinski definition) is 2. The van der Waals surface area contributed by atoms with Crippen molar-refractivity contribution in [2.24, 2.45) is 5.92 Å². The van der Waals surface area contributed by atoms with E-state index in [-0.39, 0.29) is 18.5 Å². The van der Waals surface area contributed by atoms with Crippen LogP contribution in [-0.2, 0) is 14.3 Å². The zero-order valence-corrected chi connectivity index (χ0v) is 11.2. The molecule has 0 heterocycles. The number of carbonyl (C=O) groups is 2. The van der Waals surface area contributed by atoms with Crippen LogP contribution in [0.15, 0.2) is 0 Å². The second-order valence-corrected chi connectivity index (χ2v) is 4.11. The first-order chi connectivity index (χ1) is 8.04. The van der Waals surface area contributed by atoms with Crippen LogP contribution in [0.3, 0.4) is 0 Å². The molecule has 2 atom stereocenters. The minimum absolute atomic E-state index is 0.0641. The molecule has 0 saturated carbocycles. The Hall–Kier alpha value is -1.10. The predicted molar refractivity (Wildman–Crippen MR) is 66.6 cm³/mol. The lowest BCUT2D eigenvalue weighted by atomic mass is 9.99. The predicted octanol–water partition coefficient (Wildman–Crippen LogP) is 0.690. The molecule has 0 bridgehead atoms. The molecule has 2 N–H and O–H groups in total. The number of amides is 1. The van der Waals surface area contributed by atoms with Gasteiger partial charge in [-0.1, -0.05) is 20.3 Å². The molecule has 1 unspecified atom stereocenters. The minimum atomic E-state index is -0.403. The van der Waals surface area contributed by atoms with Gasteiger partial charge in [-0.3, -0.25) is 9.59 Å². The molecule has 0 aliphatic rings. The van der Waals surface area contributed by atoms with Crippen LogP contribution in [0, 0.1) is 5.92 Å². The van der Waals surface area contributed by atoms with Crippen molar-refractivity contribution in [2.45, 2.75) is 39.7 Å². The van der Waals surface area contributed by atoms with Gasteiger partial charge in [0.15, 0.2) is 0 Å². The SMILES string of the molecule is CCOC(=O)CNC(=O)[C@H](CC(C)CC)NC. The maximum absolute atomic E-state index is 11.8. The molecule has 5 nitrogen and oxygen atoms in total. The molecule has 0 aliphatic carbocycles. The zero-order chi connectivity index (χ0) is 13.3. The quantitative estimate of drug-likeness (QED) is 0.616. The molecular formula is C12H24N2O3. The van der Waals surface area contributed by atoms with E-state index >= 15 is 0 Å². The molecule has 0 spiro atoms. The van der Waals surface area contributed by atoms with E-state index in [1.54, 1.807) is 14.0 Å². The summed E-state index contributed by atoms with van der Waals surface area (Å²) in [6.45, 7) is 6.19. The second-order valence-electron chi connectivity index (χ2n) is 4.11. The summed E-state index contributed by atoms with van der Waals surface area (Å²) in [5, 5.41) is 5.53. The third kappa shape index (κ3) is 6.94. The monoisotopic (exact) mass is 244 g/mol. The van der Waals surface area contributed by atoms with Gasteiger partial charge in [0.1, 0.15) is 6.54 Å². The molecule has 0 aromatic rings. The summed E-state index contributed by atoms with van der Waals surface area (Å²) in [5.41, 5.74) is 0. The van der Waals surface area contributed by atoms with Crippen molar-refractivity contribution in [2.75, 3.05) is 20.2 Å². The van der Waals surface area contributed by atoms with Crippen LogP contribution in [0.4, 0.5) is 0 Å². The van der Waals surface area contributed by atoms with Crippen molar-refractivity contribution in [3.8, 4) is 0 Å². The smallest absolute Gasteiger partial charge is 0.325 e. The fraction of sp³-hybridized carbons (Fsp3) is 0.833. The van der Waals surface area contributed by atoms with Crippen molar-refractivity contribution < 1.29 is 14.3 Å². The van der Waals surface area contributed by atoms with Gasteiger partial charge in [0.25, 0.3) is 0 Å². The summed E-state index contributed by atoms with van der Waals surface area (Å²) in [5.74, 6) is -0.0825. The highest BCUT2D eigenvalue weighted by Gasteiger charge is 2.19. The number of carbonyl (C=O) groups excluding carboxylic acids is 2. The number of nitrogens with one attached hydrogen (secondary N) is 2. The first-order valence-corrected chi connectivity index (χ1v) is 6.15. The first-order valence-electron chi connectivity index (χ1n) is 6.15. The Morgan fingerprint density at radius 1 is 1.29 bits per heavy atom. The first kappa shape index (κ1) is 15.9. The van der Waals surface area contributed by atoms with Gasteiger partial charge in [0.2, 0.25) is 5.91 Å². The number of likely N-dealkylation sites (N-methyl/N-ethyl adjacent to an activating group) is 1. The summed E-state index contributed by atoms with van der Waals surface area (Å²) >= 11 is 0. The van der Waals surface area contributed by atoms with Crippen LogP contribution in [0.25, 0.3) is 0 Å². The van der Waals surface area contributed by atoms with Crippen LogP contribution in [0.2, 0.25) is 0 Å².